The molecule has 34 heavy (non-hydrogen) atoms. The number of sulfonamides is 1. The molecule has 8 nitrogen and oxygen atoms in total. The Morgan fingerprint density at radius 1 is 1.03 bits per heavy atom. The molecule has 0 aromatic heterocycles. The number of hydrogen-bond donors (Lipinski definition) is 1. The number of nitrogens with one attached hydrogen (secondary N) is 1. The fraction of sp³-hybridized carbons (Fsp3) is 0.375. The number of ketones is 1. The van der Waals surface area contributed by atoms with Gasteiger partial charge >= 0.3 is 0 Å². The van der Waals surface area contributed by atoms with Crippen molar-refractivity contribution >= 4 is 33.3 Å². The lowest BCUT2D eigenvalue weighted by Gasteiger charge is -2.32. The highest BCUT2D eigenvalue weighted by Gasteiger charge is 2.30. The summed E-state index contributed by atoms with van der Waals surface area (Å²) in [6.45, 7) is 5.51. The summed E-state index contributed by atoms with van der Waals surface area (Å²) in [7, 11) is -3.94. The van der Waals surface area contributed by atoms with Crippen LogP contribution in [-0.4, -0.2) is 55.8 Å². The van der Waals surface area contributed by atoms with Crippen LogP contribution in [-0.2, 0) is 26.2 Å². The van der Waals surface area contributed by atoms with Crippen LogP contribution in [0.1, 0.15) is 43.6 Å². The molecular formula is C24H30FN3O5S. The summed E-state index contributed by atoms with van der Waals surface area (Å²) >= 11 is 0. The summed E-state index contributed by atoms with van der Waals surface area (Å²) in [6.07, 6.45) is 0.941. The van der Waals surface area contributed by atoms with Crippen molar-refractivity contribution in [1.29, 1.82) is 0 Å². The molecule has 10 heteroatoms. The average Bonchev–Trinajstić information content (AvgIpc) is 2.75. The van der Waals surface area contributed by atoms with Gasteiger partial charge in [-0.25, -0.2) is 12.8 Å². The van der Waals surface area contributed by atoms with Crippen LogP contribution < -0.4 is 9.62 Å². The Hall–Kier alpha value is -3.27. The average molecular weight is 492 g/mol. The van der Waals surface area contributed by atoms with Crippen LogP contribution in [0.25, 0.3) is 0 Å². The van der Waals surface area contributed by atoms with Crippen LogP contribution in [0.15, 0.2) is 48.5 Å². The smallest absolute Gasteiger partial charge is 0.244 e. The molecule has 2 rings (SSSR count). The Morgan fingerprint density at radius 2 is 1.68 bits per heavy atom. The van der Waals surface area contributed by atoms with Crippen molar-refractivity contribution < 1.29 is 27.2 Å². The quantitative estimate of drug-likeness (QED) is 0.515. The van der Waals surface area contributed by atoms with Gasteiger partial charge in [-0.3, -0.25) is 18.7 Å². The van der Waals surface area contributed by atoms with Crippen LogP contribution >= 0.6 is 0 Å². The number of halogens is 1. The van der Waals surface area contributed by atoms with Gasteiger partial charge < -0.3 is 10.2 Å². The maximum absolute atomic E-state index is 14.3. The molecule has 0 saturated carbocycles. The van der Waals surface area contributed by atoms with Crippen molar-refractivity contribution in [2.45, 2.75) is 46.3 Å². The van der Waals surface area contributed by atoms with E-state index in [0.29, 0.717) is 0 Å². The first kappa shape index (κ1) is 27.0. The molecule has 0 aliphatic heterocycles. The van der Waals surface area contributed by atoms with Gasteiger partial charge in [-0.2, -0.15) is 0 Å². The van der Waals surface area contributed by atoms with E-state index in [-0.39, 0.29) is 35.2 Å². The Labute approximate surface area is 199 Å². The van der Waals surface area contributed by atoms with Gasteiger partial charge in [0.2, 0.25) is 21.8 Å². The van der Waals surface area contributed by atoms with E-state index in [1.807, 2.05) is 0 Å². The molecule has 0 unspecified atom stereocenters. The highest BCUT2D eigenvalue weighted by molar-refractivity contribution is 7.92. The van der Waals surface area contributed by atoms with E-state index < -0.39 is 40.2 Å². The Balaban J connectivity index is 2.44. The molecule has 2 aromatic carbocycles. The van der Waals surface area contributed by atoms with E-state index in [1.54, 1.807) is 19.9 Å². The van der Waals surface area contributed by atoms with Gasteiger partial charge in [0.05, 0.1) is 11.9 Å². The van der Waals surface area contributed by atoms with E-state index in [2.05, 4.69) is 5.32 Å². The van der Waals surface area contributed by atoms with Crippen molar-refractivity contribution in [2.24, 2.45) is 0 Å². The lowest BCUT2D eigenvalue weighted by Crippen LogP contribution is -2.52. The molecule has 0 spiro atoms. The molecule has 184 valence electrons. The number of rotatable bonds is 10. The lowest BCUT2D eigenvalue weighted by atomic mass is 10.1. The first-order valence-electron chi connectivity index (χ1n) is 10.7. The molecule has 2 amide bonds. The summed E-state index contributed by atoms with van der Waals surface area (Å²) < 4.78 is 40.3. The Morgan fingerprint density at radius 3 is 2.24 bits per heavy atom. The summed E-state index contributed by atoms with van der Waals surface area (Å²) in [5, 5.41) is 2.72. The van der Waals surface area contributed by atoms with Crippen LogP contribution in [0.4, 0.5) is 10.1 Å². The number of hydrogen-bond acceptors (Lipinski definition) is 5. The third kappa shape index (κ3) is 7.11. The standard InChI is InChI=1S/C24H30FN3O5S/c1-16(2)26-24(31)17(3)27(14-20-9-6-7-12-22(20)25)23(30)15-28(34(5,32)33)21-11-8-10-19(13-21)18(4)29/h6-13,16-17H,14-15H2,1-5H3,(H,26,31)/t17-/m0/s1. The van der Waals surface area contributed by atoms with Gasteiger partial charge in [0.25, 0.3) is 0 Å². The number of Topliss-reactive ketones (excluding diaryl/α,β-unsaturated/α-hetero) is 1. The van der Waals surface area contributed by atoms with Gasteiger partial charge in [-0.05, 0) is 45.9 Å². The first-order chi connectivity index (χ1) is 15.8. The third-order valence-corrected chi connectivity index (χ3v) is 6.26. The topological polar surface area (TPSA) is 104 Å². The van der Waals surface area contributed by atoms with Gasteiger partial charge in [-0.1, -0.05) is 30.3 Å². The molecule has 0 radical (unpaired) electrons. The molecule has 0 fully saturated rings. The summed E-state index contributed by atoms with van der Waals surface area (Å²) in [6, 6.07) is 10.6. The molecule has 0 bridgehead atoms. The SMILES string of the molecule is CC(=O)c1cccc(N(CC(=O)N(Cc2ccccc2F)[C@@H](C)C(=O)NC(C)C)S(C)(=O)=O)c1. The second-order valence-electron chi connectivity index (χ2n) is 8.33. The second kappa shape index (κ2) is 11.2. The fourth-order valence-electron chi connectivity index (χ4n) is 3.29. The zero-order valence-electron chi connectivity index (χ0n) is 19.9. The predicted octanol–water partition coefficient (Wildman–Crippen LogP) is 2.74. The molecule has 0 aliphatic carbocycles. The van der Waals surface area contributed by atoms with Crippen molar-refractivity contribution in [3.8, 4) is 0 Å². The highest BCUT2D eigenvalue weighted by Crippen LogP contribution is 2.21. The number of carbonyl (C=O) groups excluding carboxylic acids is 3. The first-order valence-corrected chi connectivity index (χ1v) is 12.6. The van der Waals surface area contributed by atoms with Crippen molar-refractivity contribution in [3.05, 3.63) is 65.5 Å². The maximum Gasteiger partial charge on any atom is 0.244 e. The van der Waals surface area contributed by atoms with Crippen LogP contribution in [0.3, 0.4) is 0 Å². The number of anilines is 1. The van der Waals surface area contributed by atoms with Gasteiger partial charge in [0.15, 0.2) is 5.78 Å². The van der Waals surface area contributed by atoms with E-state index in [9.17, 15) is 27.2 Å². The zero-order chi connectivity index (χ0) is 25.6. The largest absolute Gasteiger partial charge is 0.352 e. The zero-order valence-corrected chi connectivity index (χ0v) is 20.7. The van der Waals surface area contributed by atoms with Gasteiger partial charge in [-0.15, -0.1) is 0 Å². The van der Waals surface area contributed by atoms with E-state index in [0.717, 1.165) is 15.5 Å². The molecule has 0 saturated heterocycles. The van der Waals surface area contributed by atoms with Crippen LogP contribution in [0, 0.1) is 5.82 Å². The molecule has 1 N–H and O–H groups in total. The van der Waals surface area contributed by atoms with Gasteiger partial charge in [0, 0.05) is 23.7 Å². The normalized spacial score (nSPS) is 12.2. The van der Waals surface area contributed by atoms with E-state index >= 15 is 0 Å². The molecule has 1 atom stereocenters. The van der Waals surface area contributed by atoms with Crippen LogP contribution in [0.2, 0.25) is 0 Å². The lowest BCUT2D eigenvalue weighted by molar-refractivity contribution is -0.139. The fourth-order valence-corrected chi connectivity index (χ4v) is 4.13. The van der Waals surface area contributed by atoms with E-state index in [1.165, 1.54) is 56.3 Å². The van der Waals surface area contributed by atoms with Crippen LogP contribution in [0.5, 0.6) is 0 Å². The maximum atomic E-state index is 14.3. The molecule has 0 heterocycles. The Bertz CT molecular complexity index is 1170. The van der Waals surface area contributed by atoms with Crippen molar-refractivity contribution in [3.63, 3.8) is 0 Å². The minimum atomic E-state index is -3.94. The number of carbonyl (C=O) groups is 3. The predicted molar refractivity (Wildman–Crippen MR) is 128 cm³/mol. The molecule has 2 aromatic rings. The molecule has 0 aliphatic rings. The summed E-state index contributed by atoms with van der Waals surface area (Å²) in [5.74, 6) is -1.97. The minimum absolute atomic E-state index is 0.133. The second-order valence-corrected chi connectivity index (χ2v) is 10.2. The van der Waals surface area contributed by atoms with E-state index in [4.69, 9.17) is 0 Å². The third-order valence-electron chi connectivity index (χ3n) is 5.12. The summed E-state index contributed by atoms with van der Waals surface area (Å²) in [5.41, 5.74) is 0.602. The van der Waals surface area contributed by atoms with Crippen molar-refractivity contribution in [2.75, 3.05) is 17.1 Å². The number of benzene rings is 2. The number of amides is 2. The highest BCUT2D eigenvalue weighted by atomic mass is 32.2. The Kier molecular flexibility index (Phi) is 8.92. The van der Waals surface area contributed by atoms with Gasteiger partial charge in [0.1, 0.15) is 18.4 Å². The van der Waals surface area contributed by atoms with Crippen molar-refractivity contribution in [1.82, 2.24) is 10.2 Å². The number of nitrogens with zero attached hydrogens (tertiary/aromatic N) is 2. The monoisotopic (exact) mass is 491 g/mol. The summed E-state index contributed by atoms with van der Waals surface area (Å²) in [4.78, 5) is 39.0. The molecular weight excluding hydrogens is 461 g/mol. The minimum Gasteiger partial charge on any atom is -0.352 e.